The zero-order valence-electron chi connectivity index (χ0n) is 10.8. The van der Waals surface area contributed by atoms with Crippen LogP contribution in [0.15, 0.2) is 30.3 Å². The molecule has 1 N–H and O–H groups in total. The van der Waals surface area contributed by atoms with Gasteiger partial charge in [-0.1, -0.05) is 30.3 Å². The Hall–Kier alpha value is -1.86. The first-order valence-corrected chi connectivity index (χ1v) is 6.61. The van der Waals surface area contributed by atoms with E-state index in [4.69, 9.17) is 10.00 Å². The van der Waals surface area contributed by atoms with Crippen LogP contribution in [0, 0.1) is 17.2 Å². The van der Waals surface area contributed by atoms with Gasteiger partial charge in [-0.2, -0.15) is 5.26 Å². The van der Waals surface area contributed by atoms with Gasteiger partial charge in [0.2, 0.25) is 5.91 Å². The number of benzene rings is 1. The first-order chi connectivity index (χ1) is 9.31. The molecular formula is C15H18N2O2. The average Bonchev–Trinajstić information content (AvgIpc) is 2.94. The predicted molar refractivity (Wildman–Crippen MR) is 71.3 cm³/mol. The fraction of sp³-hybridized carbons (Fsp3) is 0.467. The van der Waals surface area contributed by atoms with E-state index in [1.807, 2.05) is 18.2 Å². The molecule has 2 unspecified atom stereocenters. The van der Waals surface area contributed by atoms with E-state index in [2.05, 4.69) is 11.4 Å². The van der Waals surface area contributed by atoms with Crippen molar-refractivity contribution in [1.29, 1.82) is 5.26 Å². The van der Waals surface area contributed by atoms with Gasteiger partial charge in [0.05, 0.1) is 6.07 Å². The Morgan fingerprint density at radius 1 is 1.47 bits per heavy atom. The van der Waals surface area contributed by atoms with Crippen LogP contribution >= 0.6 is 0 Å². The molecule has 1 aliphatic rings. The number of nitrogens with zero attached hydrogens (tertiary/aromatic N) is 1. The van der Waals surface area contributed by atoms with Gasteiger partial charge < -0.3 is 10.1 Å². The summed E-state index contributed by atoms with van der Waals surface area (Å²) >= 11 is 0. The van der Waals surface area contributed by atoms with Gasteiger partial charge in [0.25, 0.3) is 0 Å². The van der Waals surface area contributed by atoms with Crippen molar-refractivity contribution in [2.24, 2.45) is 5.92 Å². The fourth-order valence-electron chi connectivity index (χ4n) is 2.24. The standard InChI is InChI=1S/C15H18N2O2/c16-10-14(13-4-2-1-3-5-13)15(18)17-8-6-12-7-9-19-11-12/h1-5,12,14H,6-9,11H2,(H,17,18). The number of ether oxygens (including phenoxy) is 1. The van der Waals surface area contributed by atoms with Crippen molar-refractivity contribution in [3.63, 3.8) is 0 Å². The van der Waals surface area contributed by atoms with E-state index >= 15 is 0 Å². The normalized spacial score (nSPS) is 19.6. The van der Waals surface area contributed by atoms with E-state index in [0.717, 1.165) is 31.6 Å². The summed E-state index contributed by atoms with van der Waals surface area (Å²) in [6.07, 6.45) is 1.98. The minimum atomic E-state index is -0.721. The van der Waals surface area contributed by atoms with Crippen LogP contribution in [0.25, 0.3) is 0 Å². The van der Waals surface area contributed by atoms with Crippen LogP contribution in [0.1, 0.15) is 24.3 Å². The maximum absolute atomic E-state index is 12.0. The van der Waals surface area contributed by atoms with E-state index in [9.17, 15) is 4.79 Å². The summed E-state index contributed by atoms with van der Waals surface area (Å²) in [6, 6.07) is 11.2. The highest BCUT2D eigenvalue weighted by Crippen LogP contribution is 2.17. The number of amides is 1. The summed E-state index contributed by atoms with van der Waals surface area (Å²) in [7, 11) is 0. The molecule has 0 aliphatic carbocycles. The van der Waals surface area contributed by atoms with Gasteiger partial charge >= 0.3 is 0 Å². The topological polar surface area (TPSA) is 62.1 Å². The lowest BCUT2D eigenvalue weighted by Crippen LogP contribution is -2.30. The molecule has 0 spiro atoms. The number of nitrogens with one attached hydrogen (secondary N) is 1. The summed E-state index contributed by atoms with van der Waals surface area (Å²) in [5.41, 5.74) is 0.742. The Bertz CT molecular complexity index is 447. The highest BCUT2D eigenvalue weighted by Gasteiger charge is 2.20. The molecule has 1 aromatic rings. The molecular weight excluding hydrogens is 240 g/mol. The van der Waals surface area contributed by atoms with E-state index in [0.29, 0.717) is 12.5 Å². The third kappa shape index (κ3) is 3.80. The Balaban J connectivity index is 1.82. The largest absolute Gasteiger partial charge is 0.381 e. The molecule has 1 amide bonds. The quantitative estimate of drug-likeness (QED) is 0.876. The van der Waals surface area contributed by atoms with Gasteiger partial charge in [-0.3, -0.25) is 4.79 Å². The van der Waals surface area contributed by atoms with Gasteiger partial charge in [-0.05, 0) is 24.3 Å². The van der Waals surface area contributed by atoms with Crippen molar-refractivity contribution in [3.05, 3.63) is 35.9 Å². The Labute approximate surface area is 113 Å². The first kappa shape index (κ1) is 13.6. The minimum absolute atomic E-state index is 0.215. The van der Waals surface area contributed by atoms with E-state index in [1.54, 1.807) is 12.1 Å². The summed E-state index contributed by atoms with van der Waals surface area (Å²) < 4.78 is 5.29. The smallest absolute Gasteiger partial charge is 0.241 e. The monoisotopic (exact) mass is 258 g/mol. The molecule has 0 bridgehead atoms. The highest BCUT2D eigenvalue weighted by atomic mass is 16.5. The Kier molecular flexibility index (Phi) is 4.93. The lowest BCUT2D eigenvalue weighted by Gasteiger charge is -2.12. The third-order valence-corrected chi connectivity index (χ3v) is 3.40. The lowest BCUT2D eigenvalue weighted by molar-refractivity contribution is -0.121. The lowest BCUT2D eigenvalue weighted by atomic mass is 9.99. The van der Waals surface area contributed by atoms with Crippen LogP contribution in [0.4, 0.5) is 0 Å². The van der Waals surface area contributed by atoms with Crippen LogP contribution in [0.5, 0.6) is 0 Å². The molecule has 4 heteroatoms. The predicted octanol–water partition coefficient (Wildman–Crippen LogP) is 1.84. The van der Waals surface area contributed by atoms with Crippen molar-refractivity contribution in [2.45, 2.75) is 18.8 Å². The number of nitriles is 1. The van der Waals surface area contributed by atoms with Crippen molar-refractivity contribution in [3.8, 4) is 6.07 Å². The van der Waals surface area contributed by atoms with Gasteiger partial charge in [0, 0.05) is 19.8 Å². The Morgan fingerprint density at radius 2 is 2.26 bits per heavy atom. The van der Waals surface area contributed by atoms with E-state index in [-0.39, 0.29) is 5.91 Å². The first-order valence-electron chi connectivity index (χ1n) is 6.61. The SMILES string of the molecule is N#CC(C(=O)NCCC1CCOC1)c1ccccc1. The van der Waals surface area contributed by atoms with Crippen LogP contribution in [0.3, 0.4) is 0 Å². The number of carbonyl (C=O) groups excluding carboxylic acids is 1. The number of rotatable bonds is 5. The molecule has 0 saturated carbocycles. The maximum atomic E-state index is 12.0. The molecule has 1 saturated heterocycles. The molecule has 1 aromatic carbocycles. The zero-order valence-corrected chi connectivity index (χ0v) is 10.8. The zero-order chi connectivity index (χ0) is 13.5. The number of hydrogen-bond donors (Lipinski definition) is 1. The summed E-state index contributed by atoms with van der Waals surface area (Å²) in [4.78, 5) is 12.0. The van der Waals surface area contributed by atoms with Crippen molar-refractivity contribution in [2.75, 3.05) is 19.8 Å². The highest BCUT2D eigenvalue weighted by molar-refractivity contribution is 5.86. The molecule has 100 valence electrons. The molecule has 2 atom stereocenters. The van der Waals surface area contributed by atoms with Crippen LogP contribution in [0.2, 0.25) is 0 Å². The number of carbonyl (C=O) groups is 1. The maximum Gasteiger partial charge on any atom is 0.241 e. The van der Waals surface area contributed by atoms with Crippen LogP contribution < -0.4 is 5.32 Å². The second-order valence-electron chi connectivity index (χ2n) is 4.78. The van der Waals surface area contributed by atoms with Gasteiger partial charge in [0.15, 0.2) is 0 Å². The second-order valence-corrected chi connectivity index (χ2v) is 4.78. The molecule has 19 heavy (non-hydrogen) atoms. The molecule has 1 heterocycles. The van der Waals surface area contributed by atoms with Gasteiger partial charge in [0.1, 0.15) is 5.92 Å². The van der Waals surface area contributed by atoms with Gasteiger partial charge in [-0.15, -0.1) is 0 Å². The Morgan fingerprint density at radius 3 is 2.89 bits per heavy atom. The van der Waals surface area contributed by atoms with Crippen LogP contribution in [-0.2, 0) is 9.53 Å². The molecule has 0 radical (unpaired) electrons. The fourth-order valence-corrected chi connectivity index (χ4v) is 2.24. The van der Waals surface area contributed by atoms with Crippen molar-refractivity contribution >= 4 is 5.91 Å². The van der Waals surface area contributed by atoms with E-state index in [1.165, 1.54) is 0 Å². The summed E-state index contributed by atoms with van der Waals surface area (Å²) in [5, 5.41) is 12.0. The minimum Gasteiger partial charge on any atom is -0.381 e. The number of hydrogen-bond acceptors (Lipinski definition) is 3. The summed E-state index contributed by atoms with van der Waals surface area (Å²) in [5.74, 6) is -0.397. The van der Waals surface area contributed by atoms with Crippen molar-refractivity contribution < 1.29 is 9.53 Å². The molecule has 0 aromatic heterocycles. The van der Waals surface area contributed by atoms with Crippen molar-refractivity contribution in [1.82, 2.24) is 5.32 Å². The molecule has 1 fully saturated rings. The molecule has 4 nitrogen and oxygen atoms in total. The van der Waals surface area contributed by atoms with Gasteiger partial charge in [-0.25, -0.2) is 0 Å². The summed E-state index contributed by atoms with van der Waals surface area (Å²) in [6.45, 7) is 2.22. The molecule has 2 rings (SSSR count). The molecule has 1 aliphatic heterocycles. The second kappa shape index (κ2) is 6.91. The average molecular weight is 258 g/mol. The van der Waals surface area contributed by atoms with E-state index < -0.39 is 5.92 Å². The van der Waals surface area contributed by atoms with Crippen LogP contribution in [-0.4, -0.2) is 25.7 Å². The third-order valence-electron chi connectivity index (χ3n) is 3.40.